The molecule has 0 fully saturated rings. The third-order valence-electron chi connectivity index (χ3n) is 5.48. The van der Waals surface area contributed by atoms with Crippen molar-refractivity contribution in [2.75, 3.05) is 0 Å². The van der Waals surface area contributed by atoms with Crippen LogP contribution in [0.4, 0.5) is 11.4 Å². The lowest BCUT2D eigenvalue weighted by Crippen LogP contribution is -1.97. The quantitative estimate of drug-likeness (QED) is 0.389. The van der Waals surface area contributed by atoms with Crippen LogP contribution in [0, 0.1) is 0 Å². The summed E-state index contributed by atoms with van der Waals surface area (Å²) in [6.07, 6.45) is 3.31. The summed E-state index contributed by atoms with van der Waals surface area (Å²) in [6.45, 7) is 17.4. The average Bonchev–Trinajstić information content (AvgIpc) is 2.72. The molecule has 3 nitrogen and oxygen atoms in total. The first-order valence-electron chi connectivity index (χ1n) is 11.3. The molecule has 2 aromatic rings. The first kappa shape index (κ1) is 24.5. The van der Waals surface area contributed by atoms with Gasteiger partial charge in [0.2, 0.25) is 0 Å². The van der Waals surface area contributed by atoms with Gasteiger partial charge in [-0.05, 0) is 45.9 Å². The van der Waals surface area contributed by atoms with Crippen LogP contribution in [0.1, 0.15) is 101 Å². The highest BCUT2D eigenvalue weighted by atomic mass is 14.8. The molecule has 0 heterocycles. The minimum atomic E-state index is 0.358. The van der Waals surface area contributed by atoms with Crippen LogP contribution in [0.15, 0.2) is 52.0 Å². The molecule has 0 aliphatic heterocycles. The van der Waals surface area contributed by atoms with Crippen LogP contribution in [-0.4, -0.2) is 18.3 Å². The van der Waals surface area contributed by atoms with Crippen LogP contribution < -0.4 is 0 Å². The van der Waals surface area contributed by atoms with Gasteiger partial charge in [-0.15, -0.1) is 0 Å². The number of nitrogens with zero attached hydrogens (tertiary/aromatic N) is 3. The van der Waals surface area contributed by atoms with Crippen molar-refractivity contribution in [1.82, 2.24) is 0 Å². The maximum atomic E-state index is 9.73. The van der Waals surface area contributed by atoms with Crippen molar-refractivity contribution in [1.29, 1.82) is 0 Å². The fourth-order valence-corrected chi connectivity index (χ4v) is 3.68. The van der Waals surface area contributed by atoms with Crippen molar-refractivity contribution < 1.29 is 0 Å². The Morgan fingerprint density at radius 2 is 0.935 bits per heavy atom. The van der Waals surface area contributed by atoms with Crippen LogP contribution in [-0.2, 0) is 0 Å². The summed E-state index contributed by atoms with van der Waals surface area (Å²) in [4.78, 5) is 9.54. The topological polar surface area (TPSA) is 47.0 Å². The zero-order valence-electron chi connectivity index (χ0n) is 20.3. The molecule has 164 valence electrons. The Labute approximate surface area is 188 Å². The third kappa shape index (κ3) is 6.12. The summed E-state index contributed by atoms with van der Waals surface area (Å²) in [5, 5.41) is 9.73. The zero-order valence-corrected chi connectivity index (χ0v) is 20.3. The van der Waals surface area contributed by atoms with Gasteiger partial charge in [-0.3, -0.25) is 15.9 Å². The minimum absolute atomic E-state index is 0.358. The summed E-state index contributed by atoms with van der Waals surface area (Å²) >= 11 is 0. The molecule has 0 aliphatic rings. The molecule has 2 aromatic carbocycles. The molecule has 0 spiro atoms. The third-order valence-corrected chi connectivity index (χ3v) is 5.48. The molecule has 0 atom stereocenters. The zero-order chi connectivity index (χ0) is 23.1. The number of para-hydroxylation sites is 2. The number of aliphatic imine (C=N–C) groups is 2. The van der Waals surface area contributed by atoms with Gasteiger partial charge in [0.25, 0.3) is 0 Å². The van der Waals surface area contributed by atoms with E-state index in [2.05, 4.69) is 97.7 Å². The van der Waals surface area contributed by atoms with E-state index in [-0.39, 0.29) is 0 Å². The molecule has 0 unspecified atom stereocenters. The van der Waals surface area contributed by atoms with Gasteiger partial charge in [-0.1, -0.05) is 91.8 Å². The van der Waals surface area contributed by atoms with Gasteiger partial charge in [0.1, 0.15) is 0 Å². The van der Waals surface area contributed by atoms with Gasteiger partial charge >= 0.3 is 0 Å². The van der Waals surface area contributed by atoms with Crippen molar-refractivity contribution >= 4 is 29.7 Å². The van der Waals surface area contributed by atoms with Gasteiger partial charge in [-0.2, -0.15) is 0 Å². The highest BCUT2D eigenvalue weighted by Gasteiger charge is 2.14. The Bertz CT molecular complexity index is 873. The SMILES string of the molecule is CC(C)c1cccc(C(C)C)c1N=CC(=C=[N-])C=Nc1c(C(C)C)cccc1C(C)C. The second-order valence-electron chi connectivity index (χ2n) is 9.27. The molecule has 0 aliphatic carbocycles. The summed E-state index contributed by atoms with van der Waals surface area (Å²) < 4.78 is 0. The van der Waals surface area contributed by atoms with Crippen LogP contribution in [0.3, 0.4) is 0 Å². The Morgan fingerprint density at radius 3 is 1.16 bits per heavy atom. The largest absolute Gasteiger partial charge is 0.763 e. The van der Waals surface area contributed by atoms with Gasteiger partial charge < -0.3 is 5.41 Å². The van der Waals surface area contributed by atoms with Crippen molar-refractivity contribution in [3.8, 4) is 0 Å². The molecule has 0 amide bonds. The number of allylic oxidation sites excluding steroid dienone is 1. The van der Waals surface area contributed by atoms with E-state index in [9.17, 15) is 5.41 Å². The molecule has 0 bridgehead atoms. The van der Waals surface area contributed by atoms with E-state index >= 15 is 0 Å². The first-order chi connectivity index (χ1) is 14.7. The Balaban J connectivity index is 2.47. The number of hydrogen-bond acceptors (Lipinski definition) is 2. The van der Waals surface area contributed by atoms with Gasteiger partial charge in [0.15, 0.2) is 0 Å². The molecular formula is C28H36N3-. The maximum absolute atomic E-state index is 9.73. The van der Waals surface area contributed by atoms with E-state index in [4.69, 9.17) is 9.98 Å². The van der Waals surface area contributed by atoms with E-state index in [1.165, 1.54) is 22.3 Å². The molecule has 0 N–H and O–H groups in total. The van der Waals surface area contributed by atoms with E-state index in [1.807, 2.05) is 0 Å². The van der Waals surface area contributed by atoms with Crippen LogP contribution >= 0.6 is 0 Å². The summed E-state index contributed by atoms with van der Waals surface area (Å²) in [5.41, 5.74) is 7.18. The highest BCUT2D eigenvalue weighted by molar-refractivity contribution is 6.14. The fourth-order valence-electron chi connectivity index (χ4n) is 3.68. The maximum Gasteiger partial charge on any atom is 0.0699 e. The minimum Gasteiger partial charge on any atom is -0.763 e. The molecule has 0 saturated carbocycles. The predicted octanol–water partition coefficient (Wildman–Crippen LogP) is 8.45. The fraction of sp³-hybridized carbons (Fsp3) is 0.429. The van der Waals surface area contributed by atoms with Crippen molar-refractivity contribution in [2.45, 2.75) is 79.1 Å². The number of rotatable bonds is 8. The predicted molar refractivity (Wildman–Crippen MR) is 137 cm³/mol. The van der Waals surface area contributed by atoms with Crippen LogP contribution in [0.2, 0.25) is 0 Å². The molecule has 2 rings (SSSR count). The van der Waals surface area contributed by atoms with Crippen LogP contribution in [0.5, 0.6) is 0 Å². The smallest absolute Gasteiger partial charge is 0.0699 e. The normalized spacial score (nSPS) is 12.1. The summed E-state index contributed by atoms with van der Waals surface area (Å²) in [7, 11) is 0. The highest BCUT2D eigenvalue weighted by Crippen LogP contribution is 2.35. The Kier molecular flexibility index (Phi) is 8.71. The lowest BCUT2D eigenvalue weighted by molar-refractivity contribution is 0.835. The van der Waals surface area contributed by atoms with Crippen molar-refractivity contribution in [3.05, 3.63) is 69.6 Å². The Morgan fingerprint density at radius 1 is 0.645 bits per heavy atom. The molecule has 3 heteroatoms. The number of benzene rings is 2. The molecule has 31 heavy (non-hydrogen) atoms. The van der Waals surface area contributed by atoms with E-state index in [1.54, 1.807) is 12.4 Å². The van der Waals surface area contributed by atoms with Gasteiger partial charge in [0.05, 0.1) is 11.4 Å². The molecular weight excluding hydrogens is 378 g/mol. The van der Waals surface area contributed by atoms with E-state index in [0.29, 0.717) is 29.2 Å². The standard InChI is InChI=1S/C28H36N3/c1-18(2)23-11-9-12-24(19(3)4)27(23)30-16-22(15-29)17-31-28-25(20(5)6)13-10-14-26(28)21(7)8/h9-14,16-21H,1-8H3/q-1. The summed E-state index contributed by atoms with van der Waals surface area (Å²) in [6, 6.07) is 12.7. The number of hydrogen-bond donors (Lipinski definition) is 0. The van der Waals surface area contributed by atoms with E-state index in [0.717, 1.165) is 11.4 Å². The van der Waals surface area contributed by atoms with Crippen molar-refractivity contribution in [3.63, 3.8) is 0 Å². The second-order valence-corrected chi connectivity index (χ2v) is 9.27. The summed E-state index contributed by atoms with van der Waals surface area (Å²) in [5.74, 6) is 3.69. The van der Waals surface area contributed by atoms with Gasteiger partial charge in [0, 0.05) is 18.0 Å². The van der Waals surface area contributed by atoms with Crippen molar-refractivity contribution in [2.24, 2.45) is 9.98 Å². The first-order valence-corrected chi connectivity index (χ1v) is 11.3. The lowest BCUT2D eigenvalue weighted by atomic mass is 9.93. The molecule has 0 saturated heterocycles. The molecule has 0 aromatic heterocycles. The van der Waals surface area contributed by atoms with E-state index < -0.39 is 0 Å². The van der Waals surface area contributed by atoms with Gasteiger partial charge in [-0.25, -0.2) is 0 Å². The van der Waals surface area contributed by atoms with Crippen LogP contribution in [0.25, 0.3) is 5.41 Å². The second kappa shape index (κ2) is 11.0. The Hall–Kier alpha value is -2.77. The molecule has 0 radical (unpaired) electrons. The monoisotopic (exact) mass is 414 g/mol. The lowest BCUT2D eigenvalue weighted by Gasteiger charge is -2.16. The average molecular weight is 415 g/mol.